The molecule has 0 bridgehead atoms. The van der Waals surface area contributed by atoms with Gasteiger partial charge in [0, 0.05) is 20.1 Å². The lowest BCUT2D eigenvalue weighted by Crippen LogP contribution is -2.37. The Kier molecular flexibility index (Phi) is 10.0. The van der Waals surface area contributed by atoms with Gasteiger partial charge in [-0.15, -0.1) is 24.0 Å². The standard InChI is InChI=1S/C20H26FN3O.HI/c1-15(2)25-19-9-5-7-17(13-19)14-24-20(22-3)23-11-10-16-6-4-8-18(21)12-16;/h4-9,12-13,15H,10-11,14H2,1-3H3,(H2,22,23,24);1H. The average Bonchev–Trinajstić information content (AvgIpc) is 2.58. The van der Waals surface area contributed by atoms with Gasteiger partial charge in [-0.2, -0.15) is 0 Å². The Morgan fingerprint density at radius 3 is 2.50 bits per heavy atom. The van der Waals surface area contributed by atoms with E-state index in [1.165, 1.54) is 6.07 Å². The van der Waals surface area contributed by atoms with Crippen LogP contribution >= 0.6 is 24.0 Å². The number of benzene rings is 2. The fourth-order valence-electron chi connectivity index (χ4n) is 2.43. The quantitative estimate of drug-likeness (QED) is 0.363. The van der Waals surface area contributed by atoms with Crippen LogP contribution in [0.2, 0.25) is 0 Å². The van der Waals surface area contributed by atoms with Gasteiger partial charge in [-0.3, -0.25) is 4.99 Å². The van der Waals surface area contributed by atoms with Crippen molar-refractivity contribution >= 4 is 29.9 Å². The van der Waals surface area contributed by atoms with E-state index in [2.05, 4.69) is 15.6 Å². The number of nitrogens with zero attached hydrogens (tertiary/aromatic N) is 1. The molecule has 0 radical (unpaired) electrons. The van der Waals surface area contributed by atoms with Crippen LogP contribution in [0.3, 0.4) is 0 Å². The summed E-state index contributed by atoms with van der Waals surface area (Å²) in [6, 6.07) is 14.6. The predicted octanol–water partition coefficient (Wildman–Crippen LogP) is 4.14. The first-order chi connectivity index (χ1) is 12.1. The van der Waals surface area contributed by atoms with Crippen LogP contribution in [0, 0.1) is 5.82 Å². The molecule has 142 valence electrons. The number of hydrogen-bond donors (Lipinski definition) is 2. The van der Waals surface area contributed by atoms with Gasteiger partial charge in [-0.1, -0.05) is 24.3 Å². The van der Waals surface area contributed by atoms with Crippen LogP contribution in [-0.2, 0) is 13.0 Å². The van der Waals surface area contributed by atoms with Crippen molar-refractivity contribution in [1.82, 2.24) is 10.6 Å². The molecule has 2 aromatic rings. The molecule has 4 nitrogen and oxygen atoms in total. The van der Waals surface area contributed by atoms with Crippen molar-refractivity contribution in [3.8, 4) is 5.75 Å². The third-order valence-electron chi connectivity index (χ3n) is 3.55. The summed E-state index contributed by atoms with van der Waals surface area (Å²) in [6.45, 7) is 5.35. The maximum absolute atomic E-state index is 13.2. The Morgan fingerprint density at radius 1 is 1.08 bits per heavy atom. The molecule has 2 N–H and O–H groups in total. The molecule has 0 atom stereocenters. The van der Waals surface area contributed by atoms with Crippen LogP contribution in [0.5, 0.6) is 5.75 Å². The molecule has 0 spiro atoms. The summed E-state index contributed by atoms with van der Waals surface area (Å²) < 4.78 is 18.9. The van der Waals surface area contributed by atoms with Crippen molar-refractivity contribution in [1.29, 1.82) is 0 Å². The van der Waals surface area contributed by atoms with E-state index in [9.17, 15) is 4.39 Å². The number of ether oxygens (including phenoxy) is 1. The van der Waals surface area contributed by atoms with Gasteiger partial charge < -0.3 is 15.4 Å². The van der Waals surface area contributed by atoms with E-state index in [0.29, 0.717) is 19.0 Å². The molecule has 0 amide bonds. The fraction of sp³-hybridized carbons (Fsp3) is 0.350. The predicted molar refractivity (Wildman–Crippen MR) is 116 cm³/mol. The summed E-state index contributed by atoms with van der Waals surface area (Å²) in [5, 5.41) is 6.51. The average molecular weight is 471 g/mol. The van der Waals surface area contributed by atoms with E-state index in [1.54, 1.807) is 19.2 Å². The Morgan fingerprint density at radius 2 is 1.81 bits per heavy atom. The SMILES string of the molecule is CN=C(NCCc1cccc(F)c1)NCc1cccc(OC(C)C)c1.I. The minimum atomic E-state index is -0.205. The van der Waals surface area contributed by atoms with Crippen LogP contribution in [-0.4, -0.2) is 25.7 Å². The Labute approximate surface area is 172 Å². The molecule has 0 unspecified atom stereocenters. The molecular weight excluding hydrogens is 444 g/mol. The van der Waals surface area contributed by atoms with E-state index in [1.807, 2.05) is 44.2 Å². The summed E-state index contributed by atoms with van der Waals surface area (Å²) in [5.41, 5.74) is 2.08. The Balaban J connectivity index is 0.00000338. The highest BCUT2D eigenvalue weighted by Gasteiger charge is 2.02. The molecule has 0 aliphatic rings. The molecule has 0 saturated carbocycles. The molecule has 0 saturated heterocycles. The van der Waals surface area contributed by atoms with Crippen molar-refractivity contribution in [2.24, 2.45) is 4.99 Å². The molecule has 26 heavy (non-hydrogen) atoms. The second-order valence-electron chi connectivity index (χ2n) is 6.05. The van der Waals surface area contributed by atoms with Gasteiger partial charge in [-0.05, 0) is 55.7 Å². The zero-order valence-electron chi connectivity index (χ0n) is 15.5. The first-order valence-corrected chi connectivity index (χ1v) is 8.51. The number of guanidine groups is 1. The number of halogens is 2. The maximum atomic E-state index is 13.2. The summed E-state index contributed by atoms with van der Waals surface area (Å²) in [6.07, 6.45) is 0.886. The monoisotopic (exact) mass is 471 g/mol. The van der Waals surface area contributed by atoms with Gasteiger partial charge in [-0.25, -0.2) is 4.39 Å². The molecule has 0 heterocycles. The number of aliphatic imine (C=N–C) groups is 1. The highest BCUT2D eigenvalue weighted by Crippen LogP contribution is 2.14. The lowest BCUT2D eigenvalue weighted by atomic mass is 10.1. The van der Waals surface area contributed by atoms with Crippen molar-refractivity contribution in [2.75, 3.05) is 13.6 Å². The van der Waals surface area contributed by atoms with Gasteiger partial charge in [0.05, 0.1) is 6.10 Å². The Hall–Kier alpha value is -1.83. The number of rotatable bonds is 7. The van der Waals surface area contributed by atoms with Crippen molar-refractivity contribution in [2.45, 2.75) is 32.9 Å². The first kappa shape index (κ1) is 22.2. The third-order valence-corrected chi connectivity index (χ3v) is 3.55. The molecule has 0 aromatic heterocycles. The normalized spacial score (nSPS) is 11.0. The van der Waals surface area contributed by atoms with E-state index < -0.39 is 0 Å². The molecule has 0 fully saturated rings. The zero-order chi connectivity index (χ0) is 18.1. The minimum absolute atomic E-state index is 0. The van der Waals surface area contributed by atoms with Crippen molar-refractivity contribution < 1.29 is 9.13 Å². The molecule has 0 aliphatic heterocycles. The highest BCUT2D eigenvalue weighted by molar-refractivity contribution is 14.0. The van der Waals surface area contributed by atoms with E-state index in [0.717, 1.165) is 23.3 Å². The van der Waals surface area contributed by atoms with Gasteiger partial charge in [0.2, 0.25) is 0 Å². The summed E-state index contributed by atoms with van der Waals surface area (Å²) in [7, 11) is 1.73. The maximum Gasteiger partial charge on any atom is 0.191 e. The molecular formula is C20H27FIN3O. The van der Waals surface area contributed by atoms with Crippen molar-refractivity contribution in [3.05, 3.63) is 65.5 Å². The first-order valence-electron chi connectivity index (χ1n) is 8.51. The number of hydrogen-bond acceptors (Lipinski definition) is 2. The van der Waals surface area contributed by atoms with E-state index >= 15 is 0 Å². The van der Waals surface area contributed by atoms with Crippen LogP contribution < -0.4 is 15.4 Å². The summed E-state index contributed by atoms with van der Waals surface area (Å²) >= 11 is 0. The molecule has 2 rings (SSSR count). The Bertz CT molecular complexity index is 707. The van der Waals surface area contributed by atoms with Crippen LogP contribution in [0.4, 0.5) is 4.39 Å². The van der Waals surface area contributed by atoms with Crippen LogP contribution in [0.1, 0.15) is 25.0 Å². The minimum Gasteiger partial charge on any atom is -0.491 e. The summed E-state index contributed by atoms with van der Waals surface area (Å²) in [4.78, 5) is 4.21. The zero-order valence-corrected chi connectivity index (χ0v) is 17.8. The fourth-order valence-corrected chi connectivity index (χ4v) is 2.43. The van der Waals surface area contributed by atoms with Gasteiger partial charge in [0.15, 0.2) is 5.96 Å². The second kappa shape index (κ2) is 11.7. The number of nitrogens with one attached hydrogen (secondary N) is 2. The van der Waals surface area contributed by atoms with Crippen molar-refractivity contribution in [3.63, 3.8) is 0 Å². The third kappa shape index (κ3) is 8.03. The topological polar surface area (TPSA) is 45.7 Å². The largest absolute Gasteiger partial charge is 0.491 e. The van der Waals surface area contributed by atoms with Gasteiger partial charge in [0.1, 0.15) is 11.6 Å². The lowest BCUT2D eigenvalue weighted by molar-refractivity contribution is 0.242. The molecule has 2 aromatic carbocycles. The van der Waals surface area contributed by atoms with Crippen LogP contribution in [0.25, 0.3) is 0 Å². The summed E-state index contributed by atoms with van der Waals surface area (Å²) in [5.74, 6) is 1.37. The molecule has 0 aliphatic carbocycles. The van der Waals surface area contributed by atoms with Gasteiger partial charge in [0.25, 0.3) is 0 Å². The highest BCUT2D eigenvalue weighted by atomic mass is 127. The van der Waals surface area contributed by atoms with Crippen LogP contribution in [0.15, 0.2) is 53.5 Å². The van der Waals surface area contributed by atoms with Gasteiger partial charge >= 0.3 is 0 Å². The smallest absolute Gasteiger partial charge is 0.191 e. The second-order valence-corrected chi connectivity index (χ2v) is 6.05. The molecule has 6 heteroatoms. The van der Waals surface area contributed by atoms with E-state index in [4.69, 9.17) is 4.74 Å². The van der Waals surface area contributed by atoms with E-state index in [-0.39, 0.29) is 35.9 Å². The lowest BCUT2D eigenvalue weighted by Gasteiger charge is -2.14.